The van der Waals surface area contributed by atoms with Crippen molar-refractivity contribution < 1.29 is 13.6 Å². The molecule has 1 fully saturated rings. The first-order valence-electron chi connectivity index (χ1n) is 9.08. The van der Waals surface area contributed by atoms with Crippen molar-refractivity contribution in [2.75, 3.05) is 19.6 Å². The zero-order valence-corrected chi connectivity index (χ0v) is 16.2. The number of likely N-dealkylation sites (tertiary alicyclic amines) is 1. The summed E-state index contributed by atoms with van der Waals surface area (Å²) in [6.45, 7) is 3.37. The molecule has 0 saturated carbocycles. The summed E-state index contributed by atoms with van der Waals surface area (Å²) in [6.07, 6.45) is 3.98. The predicted octanol–water partition coefficient (Wildman–Crippen LogP) is 4.58. The third-order valence-electron chi connectivity index (χ3n) is 4.49. The number of carbonyl (C=O) groups excluding carboxylic acids is 1. The number of halogens is 3. The van der Waals surface area contributed by atoms with Crippen LogP contribution in [0.25, 0.3) is 10.9 Å². The summed E-state index contributed by atoms with van der Waals surface area (Å²) in [5, 5.41) is 1.13. The minimum absolute atomic E-state index is 0.0269. The molecule has 4 rings (SSSR count). The molecule has 0 unspecified atom stereocenters. The second-order valence-corrected chi connectivity index (χ2v) is 7.07. The molecule has 1 aliphatic heterocycles. The molecule has 5 nitrogen and oxygen atoms in total. The van der Waals surface area contributed by atoms with E-state index in [1.807, 2.05) is 36.1 Å². The smallest absolute Gasteiger partial charge is 0.261 e. The zero-order valence-electron chi connectivity index (χ0n) is 15.5. The average Bonchev–Trinajstić information content (AvgIpc) is 3.25. The monoisotopic (exact) mass is 406 g/mol. The van der Waals surface area contributed by atoms with Crippen LogP contribution < -0.4 is 0 Å². The van der Waals surface area contributed by atoms with Gasteiger partial charge in [0.1, 0.15) is 17.2 Å². The zero-order chi connectivity index (χ0) is 20.1. The molecule has 28 heavy (non-hydrogen) atoms. The van der Waals surface area contributed by atoms with Gasteiger partial charge in [0.25, 0.3) is 5.92 Å². The molecule has 1 N–H and O–H groups in total. The van der Waals surface area contributed by atoms with Crippen LogP contribution in [0.1, 0.15) is 35.8 Å². The van der Waals surface area contributed by atoms with Gasteiger partial charge in [-0.05, 0) is 19.0 Å². The van der Waals surface area contributed by atoms with Gasteiger partial charge in [-0.2, -0.15) is 0 Å². The molecule has 1 aliphatic rings. The lowest BCUT2D eigenvalue weighted by Crippen LogP contribution is -2.25. The molecule has 0 bridgehead atoms. The van der Waals surface area contributed by atoms with E-state index in [1.54, 1.807) is 6.20 Å². The summed E-state index contributed by atoms with van der Waals surface area (Å²) in [5.41, 5.74) is 1.79. The molecule has 0 radical (unpaired) electrons. The van der Waals surface area contributed by atoms with Crippen LogP contribution in [0, 0.1) is 0 Å². The molecular formula is C20H21ClF2N4O. The Morgan fingerprint density at radius 1 is 1.32 bits per heavy atom. The second kappa shape index (κ2) is 8.75. The van der Waals surface area contributed by atoms with Gasteiger partial charge < -0.3 is 4.98 Å². The quantitative estimate of drug-likeness (QED) is 0.509. The van der Waals surface area contributed by atoms with Crippen LogP contribution in [0.5, 0.6) is 0 Å². The number of hydrogen-bond acceptors (Lipinski definition) is 4. The molecule has 2 aromatic heterocycles. The number of nitrogens with zero attached hydrogens (tertiary/aromatic N) is 3. The van der Waals surface area contributed by atoms with E-state index < -0.39 is 5.92 Å². The van der Waals surface area contributed by atoms with Crippen molar-refractivity contribution in [1.82, 2.24) is 19.9 Å². The van der Waals surface area contributed by atoms with Gasteiger partial charge in [-0.3, -0.25) is 9.69 Å². The Morgan fingerprint density at radius 3 is 2.79 bits per heavy atom. The standard InChI is InChI=1S/C13H8ClN3O.C7H13F2N/c14-12-5-11(16-7-17-12)13(18)9-6-15-10-4-2-1-3-8(9)10;1-2-4-10-5-3-7(8,9)6-10/h1-7,15H;2-6H2,1H3. The topological polar surface area (TPSA) is 61.9 Å². The highest BCUT2D eigenvalue weighted by Crippen LogP contribution is 2.26. The number of carbonyl (C=O) groups is 1. The lowest BCUT2D eigenvalue weighted by atomic mass is 10.1. The summed E-state index contributed by atoms with van der Waals surface area (Å²) in [7, 11) is 0. The maximum absolute atomic E-state index is 12.5. The number of ketones is 1. The highest BCUT2D eigenvalue weighted by molar-refractivity contribution is 6.30. The fourth-order valence-electron chi connectivity index (χ4n) is 3.17. The first-order chi connectivity index (χ1) is 13.4. The molecule has 0 amide bonds. The molecule has 1 saturated heterocycles. The molecule has 0 atom stereocenters. The highest BCUT2D eigenvalue weighted by atomic mass is 35.5. The van der Waals surface area contributed by atoms with E-state index in [4.69, 9.17) is 11.6 Å². The number of para-hydroxylation sites is 1. The summed E-state index contributed by atoms with van der Waals surface area (Å²) in [6, 6.07) is 9.07. The second-order valence-electron chi connectivity index (χ2n) is 6.69. The molecule has 8 heteroatoms. The Hall–Kier alpha value is -2.38. The van der Waals surface area contributed by atoms with Gasteiger partial charge in [0.05, 0.1) is 6.54 Å². The fourth-order valence-corrected chi connectivity index (χ4v) is 3.32. The number of alkyl halides is 2. The van der Waals surface area contributed by atoms with Crippen LogP contribution >= 0.6 is 11.6 Å². The van der Waals surface area contributed by atoms with E-state index in [-0.39, 0.29) is 23.9 Å². The van der Waals surface area contributed by atoms with Crippen LogP contribution in [0.4, 0.5) is 8.78 Å². The van der Waals surface area contributed by atoms with Crippen LogP contribution in [-0.2, 0) is 0 Å². The van der Waals surface area contributed by atoms with Crippen LogP contribution in [-0.4, -0.2) is 51.2 Å². The largest absolute Gasteiger partial charge is 0.360 e. The minimum atomic E-state index is -2.41. The Labute approximate surface area is 166 Å². The van der Waals surface area contributed by atoms with Crippen molar-refractivity contribution in [3.8, 4) is 0 Å². The van der Waals surface area contributed by atoms with Crippen molar-refractivity contribution >= 4 is 28.3 Å². The van der Waals surface area contributed by atoms with Gasteiger partial charge in [0, 0.05) is 41.7 Å². The molecule has 3 aromatic rings. The Balaban J connectivity index is 0.000000192. The van der Waals surface area contributed by atoms with Crippen LogP contribution in [0.15, 0.2) is 42.9 Å². The Kier molecular flexibility index (Phi) is 6.36. The van der Waals surface area contributed by atoms with Crippen LogP contribution in [0.2, 0.25) is 5.15 Å². The first-order valence-corrected chi connectivity index (χ1v) is 9.46. The molecule has 1 aromatic carbocycles. The van der Waals surface area contributed by atoms with E-state index in [1.165, 1.54) is 12.4 Å². The third-order valence-corrected chi connectivity index (χ3v) is 4.70. The lowest BCUT2D eigenvalue weighted by Gasteiger charge is -2.13. The van der Waals surface area contributed by atoms with E-state index in [2.05, 4.69) is 15.0 Å². The van der Waals surface area contributed by atoms with Crippen molar-refractivity contribution in [2.45, 2.75) is 25.7 Å². The number of aromatic amines is 1. The Bertz CT molecular complexity index is 960. The van der Waals surface area contributed by atoms with E-state index in [0.29, 0.717) is 17.8 Å². The van der Waals surface area contributed by atoms with Gasteiger partial charge in [0.2, 0.25) is 5.78 Å². The normalized spacial score (nSPS) is 16.0. The summed E-state index contributed by atoms with van der Waals surface area (Å²) < 4.78 is 25.0. The van der Waals surface area contributed by atoms with E-state index >= 15 is 0 Å². The van der Waals surface area contributed by atoms with Crippen molar-refractivity contribution in [3.05, 3.63) is 59.3 Å². The average molecular weight is 407 g/mol. The summed E-state index contributed by atoms with van der Waals surface area (Å²) >= 11 is 5.76. The van der Waals surface area contributed by atoms with Gasteiger partial charge >= 0.3 is 0 Å². The van der Waals surface area contributed by atoms with Crippen LogP contribution in [0.3, 0.4) is 0 Å². The number of rotatable bonds is 4. The maximum Gasteiger partial charge on any atom is 0.261 e. The number of H-pyrrole nitrogens is 1. The number of benzene rings is 1. The Morgan fingerprint density at radius 2 is 2.11 bits per heavy atom. The molecule has 0 spiro atoms. The predicted molar refractivity (Wildman–Crippen MR) is 105 cm³/mol. The maximum atomic E-state index is 12.5. The number of nitrogens with one attached hydrogen (secondary N) is 1. The lowest BCUT2D eigenvalue weighted by molar-refractivity contribution is 0.0123. The van der Waals surface area contributed by atoms with E-state index in [9.17, 15) is 13.6 Å². The fraction of sp³-hybridized carbons (Fsp3) is 0.350. The first kappa shape index (κ1) is 20.4. The molecule has 3 heterocycles. The van der Waals surface area contributed by atoms with Crippen molar-refractivity contribution in [2.24, 2.45) is 0 Å². The SMILES string of the molecule is CCCN1CCC(F)(F)C1.O=C(c1cc(Cl)ncn1)c1c[nH]c2ccccc12. The van der Waals surface area contributed by atoms with Gasteiger partial charge in [-0.15, -0.1) is 0 Å². The molecular weight excluding hydrogens is 386 g/mol. The summed E-state index contributed by atoms with van der Waals surface area (Å²) in [4.78, 5) is 24.9. The number of fused-ring (bicyclic) bond motifs is 1. The highest BCUT2D eigenvalue weighted by Gasteiger charge is 2.37. The number of aromatic nitrogens is 3. The summed E-state index contributed by atoms with van der Waals surface area (Å²) in [5.74, 6) is -2.58. The minimum Gasteiger partial charge on any atom is -0.360 e. The molecule has 0 aliphatic carbocycles. The van der Waals surface area contributed by atoms with Gasteiger partial charge in [-0.1, -0.05) is 36.7 Å². The molecule has 148 valence electrons. The van der Waals surface area contributed by atoms with Crippen molar-refractivity contribution in [1.29, 1.82) is 0 Å². The van der Waals surface area contributed by atoms with Crippen molar-refractivity contribution in [3.63, 3.8) is 0 Å². The van der Waals surface area contributed by atoms with Gasteiger partial charge in [0.15, 0.2) is 0 Å². The van der Waals surface area contributed by atoms with Gasteiger partial charge in [-0.25, -0.2) is 18.7 Å². The number of hydrogen-bond donors (Lipinski definition) is 1. The third kappa shape index (κ3) is 4.91. The van der Waals surface area contributed by atoms with E-state index in [0.717, 1.165) is 23.9 Å².